The Morgan fingerprint density at radius 1 is 1.47 bits per heavy atom. The predicted octanol–water partition coefficient (Wildman–Crippen LogP) is 1.81. The van der Waals surface area contributed by atoms with E-state index < -0.39 is 0 Å². The second-order valence-corrected chi connectivity index (χ2v) is 5.00. The molecule has 2 atom stereocenters. The lowest BCUT2D eigenvalue weighted by Crippen LogP contribution is -2.42. The van der Waals surface area contributed by atoms with Crippen LogP contribution in [0, 0.1) is 0 Å². The highest BCUT2D eigenvalue weighted by molar-refractivity contribution is 5.81. The SMILES string of the molecule is CCC(C)n1ccc(CNC(C)C(=O)N(C)CC)n1. The lowest BCUT2D eigenvalue weighted by Gasteiger charge is -2.20. The van der Waals surface area contributed by atoms with Crippen LogP contribution in [0.3, 0.4) is 0 Å². The van der Waals surface area contributed by atoms with Crippen molar-refractivity contribution in [2.75, 3.05) is 13.6 Å². The number of carbonyl (C=O) groups is 1. The zero-order valence-electron chi connectivity index (χ0n) is 12.7. The summed E-state index contributed by atoms with van der Waals surface area (Å²) in [5.41, 5.74) is 0.971. The monoisotopic (exact) mass is 266 g/mol. The normalized spacial score (nSPS) is 14.2. The molecule has 0 aliphatic carbocycles. The Hall–Kier alpha value is -1.36. The second-order valence-electron chi connectivity index (χ2n) is 5.00. The fourth-order valence-electron chi connectivity index (χ4n) is 1.74. The van der Waals surface area contributed by atoms with E-state index in [0.717, 1.165) is 18.7 Å². The number of carbonyl (C=O) groups excluding carboxylic acids is 1. The molecule has 1 aromatic rings. The fraction of sp³-hybridized carbons (Fsp3) is 0.714. The van der Waals surface area contributed by atoms with Gasteiger partial charge in [0.15, 0.2) is 0 Å². The molecule has 0 spiro atoms. The number of hydrogen-bond donors (Lipinski definition) is 1. The van der Waals surface area contributed by atoms with E-state index in [4.69, 9.17) is 0 Å². The predicted molar refractivity (Wildman–Crippen MR) is 76.8 cm³/mol. The summed E-state index contributed by atoms with van der Waals surface area (Å²) in [4.78, 5) is 13.6. The number of aromatic nitrogens is 2. The lowest BCUT2D eigenvalue weighted by atomic mass is 10.3. The minimum Gasteiger partial charge on any atom is -0.345 e. The molecule has 5 heteroatoms. The van der Waals surface area contributed by atoms with Gasteiger partial charge in [0.2, 0.25) is 5.91 Å². The summed E-state index contributed by atoms with van der Waals surface area (Å²) in [5, 5.41) is 7.72. The third-order valence-corrected chi connectivity index (χ3v) is 3.52. The molecule has 0 saturated heterocycles. The molecule has 1 aromatic heterocycles. The molecule has 1 rings (SSSR count). The Balaban J connectivity index is 2.48. The van der Waals surface area contributed by atoms with Crippen LogP contribution in [0.25, 0.3) is 0 Å². The van der Waals surface area contributed by atoms with Gasteiger partial charge in [0.1, 0.15) is 0 Å². The molecule has 19 heavy (non-hydrogen) atoms. The van der Waals surface area contributed by atoms with Crippen molar-refractivity contribution in [2.45, 2.75) is 52.7 Å². The molecule has 2 unspecified atom stereocenters. The van der Waals surface area contributed by atoms with Crippen molar-refractivity contribution in [1.82, 2.24) is 20.0 Å². The van der Waals surface area contributed by atoms with E-state index >= 15 is 0 Å². The van der Waals surface area contributed by atoms with E-state index in [-0.39, 0.29) is 11.9 Å². The number of nitrogens with zero attached hydrogens (tertiary/aromatic N) is 3. The molecular formula is C14H26N4O. The van der Waals surface area contributed by atoms with Gasteiger partial charge in [-0.1, -0.05) is 6.92 Å². The first-order valence-corrected chi connectivity index (χ1v) is 7.01. The Morgan fingerprint density at radius 3 is 2.74 bits per heavy atom. The summed E-state index contributed by atoms with van der Waals surface area (Å²) in [6.07, 6.45) is 3.06. The molecule has 0 aromatic carbocycles. The van der Waals surface area contributed by atoms with Gasteiger partial charge >= 0.3 is 0 Å². The summed E-state index contributed by atoms with van der Waals surface area (Å²) in [5.74, 6) is 0.115. The third-order valence-electron chi connectivity index (χ3n) is 3.52. The van der Waals surface area contributed by atoms with E-state index in [2.05, 4.69) is 24.3 Å². The van der Waals surface area contributed by atoms with Crippen LogP contribution >= 0.6 is 0 Å². The average Bonchev–Trinajstić information content (AvgIpc) is 2.90. The van der Waals surface area contributed by atoms with Gasteiger partial charge in [0.05, 0.1) is 11.7 Å². The first-order valence-electron chi connectivity index (χ1n) is 7.01. The van der Waals surface area contributed by atoms with Gasteiger partial charge in [-0.2, -0.15) is 5.10 Å². The number of likely N-dealkylation sites (N-methyl/N-ethyl adjacent to an activating group) is 1. The van der Waals surface area contributed by atoms with Crippen molar-refractivity contribution in [3.8, 4) is 0 Å². The molecule has 0 saturated carbocycles. The second kappa shape index (κ2) is 7.28. The Bertz CT molecular complexity index is 402. The van der Waals surface area contributed by atoms with Crippen molar-refractivity contribution in [3.63, 3.8) is 0 Å². The van der Waals surface area contributed by atoms with Gasteiger partial charge in [0.25, 0.3) is 0 Å². The molecule has 0 aliphatic rings. The number of amides is 1. The van der Waals surface area contributed by atoms with E-state index in [1.165, 1.54) is 0 Å². The number of rotatable bonds is 7. The van der Waals surface area contributed by atoms with Crippen LogP contribution in [0.4, 0.5) is 0 Å². The van der Waals surface area contributed by atoms with Crippen LogP contribution in [0.1, 0.15) is 45.9 Å². The summed E-state index contributed by atoms with van der Waals surface area (Å²) in [6, 6.07) is 2.23. The van der Waals surface area contributed by atoms with Gasteiger partial charge < -0.3 is 10.2 Å². The summed E-state index contributed by atoms with van der Waals surface area (Å²) >= 11 is 0. The maximum atomic E-state index is 11.9. The standard InChI is InChI=1S/C14H26N4O/c1-6-11(3)18-9-8-13(16-18)10-15-12(4)14(19)17(5)7-2/h8-9,11-12,15H,6-7,10H2,1-5H3. The fourth-order valence-corrected chi connectivity index (χ4v) is 1.74. The third kappa shape index (κ3) is 4.35. The Kier molecular flexibility index (Phi) is 6.02. The Labute approximate surface area is 116 Å². The van der Waals surface area contributed by atoms with Crippen LogP contribution in [0.5, 0.6) is 0 Å². The van der Waals surface area contributed by atoms with E-state index in [9.17, 15) is 4.79 Å². The quantitative estimate of drug-likeness (QED) is 0.819. The largest absolute Gasteiger partial charge is 0.345 e. The van der Waals surface area contributed by atoms with Gasteiger partial charge in [-0.05, 0) is 33.3 Å². The topological polar surface area (TPSA) is 50.2 Å². The van der Waals surface area contributed by atoms with Gasteiger partial charge in [-0.3, -0.25) is 9.48 Å². The van der Waals surface area contributed by atoms with E-state index in [1.54, 1.807) is 4.90 Å². The molecule has 0 aliphatic heterocycles. The molecule has 108 valence electrons. The first-order chi connectivity index (χ1) is 8.99. The molecular weight excluding hydrogens is 240 g/mol. The molecule has 0 fully saturated rings. The highest BCUT2D eigenvalue weighted by Gasteiger charge is 2.16. The number of hydrogen-bond acceptors (Lipinski definition) is 3. The van der Waals surface area contributed by atoms with Crippen molar-refractivity contribution in [1.29, 1.82) is 0 Å². The van der Waals surface area contributed by atoms with E-state index in [1.807, 2.05) is 37.8 Å². The zero-order chi connectivity index (χ0) is 14.4. The minimum atomic E-state index is -0.182. The van der Waals surface area contributed by atoms with Crippen LogP contribution in [0.15, 0.2) is 12.3 Å². The van der Waals surface area contributed by atoms with Gasteiger partial charge in [-0.15, -0.1) is 0 Å². The first kappa shape index (κ1) is 15.7. The molecule has 1 amide bonds. The minimum absolute atomic E-state index is 0.115. The van der Waals surface area contributed by atoms with Crippen molar-refractivity contribution in [2.24, 2.45) is 0 Å². The maximum absolute atomic E-state index is 11.9. The molecule has 5 nitrogen and oxygen atoms in total. The number of nitrogens with one attached hydrogen (secondary N) is 1. The maximum Gasteiger partial charge on any atom is 0.239 e. The van der Waals surface area contributed by atoms with Crippen LogP contribution in [0.2, 0.25) is 0 Å². The van der Waals surface area contributed by atoms with Crippen LogP contribution < -0.4 is 5.32 Å². The molecule has 0 bridgehead atoms. The highest BCUT2D eigenvalue weighted by atomic mass is 16.2. The van der Waals surface area contributed by atoms with Gasteiger partial charge in [0, 0.05) is 32.4 Å². The Morgan fingerprint density at radius 2 is 2.16 bits per heavy atom. The van der Waals surface area contributed by atoms with Crippen LogP contribution in [-0.2, 0) is 11.3 Å². The zero-order valence-corrected chi connectivity index (χ0v) is 12.7. The van der Waals surface area contributed by atoms with E-state index in [0.29, 0.717) is 12.6 Å². The van der Waals surface area contributed by atoms with Crippen molar-refractivity contribution >= 4 is 5.91 Å². The average molecular weight is 266 g/mol. The van der Waals surface area contributed by atoms with Crippen molar-refractivity contribution < 1.29 is 4.79 Å². The summed E-state index contributed by atoms with van der Waals surface area (Å²) < 4.78 is 1.97. The lowest BCUT2D eigenvalue weighted by molar-refractivity contribution is -0.131. The van der Waals surface area contributed by atoms with Gasteiger partial charge in [-0.25, -0.2) is 0 Å². The smallest absolute Gasteiger partial charge is 0.239 e. The highest BCUT2D eigenvalue weighted by Crippen LogP contribution is 2.09. The molecule has 0 radical (unpaired) electrons. The summed E-state index contributed by atoms with van der Waals surface area (Å²) in [7, 11) is 1.82. The molecule has 1 N–H and O–H groups in total. The van der Waals surface area contributed by atoms with Crippen LogP contribution in [-0.4, -0.2) is 40.2 Å². The van der Waals surface area contributed by atoms with Crippen molar-refractivity contribution in [3.05, 3.63) is 18.0 Å². The summed E-state index contributed by atoms with van der Waals surface area (Å²) in [6.45, 7) is 9.50. The molecule has 1 heterocycles.